The summed E-state index contributed by atoms with van der Waals surface area (Å²) in [5, 5.41) is 1.46. The Labute approximate surface area is 175 Å². The van der Waals surface area contributed by atoms with Gasteiger partial charge in [-0.05, 0) is 51.0 Å². The lowest BCUT2D eigenvalue weighted by Crippen LogP contribution is -2.27. The first-order valence-corrected chi connectivity index (χ1v) is 10.4. The largest absolute Gasteiger partial charge is 0.493 e. The third-order valence-corrected chi connectivity index (χ3v) is 5.89. The lowest BCUT2D eigenvalue weighted by atomic mass is 10.1. The van der Waals surface area contributed by atoms with Gasteiger partial charge in [0.05, 0.1) is 35.5 Å². The number of benzene rings is 1. The van der Waals surface area contributed by atoms with Gasteiger partial charge in [-0.25, -0.2) is 4.98 Å². The van der Waals surface area contributed by atoms with Crippen molar-refractivity contribution in [2.75, 3.05) is 20.8 Å². The fourth-order valence-electron chi connectivity index (χ4n) is 2.77. The van der Waals surface area contributed by atoms with Gasteiger partial charge in [-0.1, -0.05) is 18.5 Å². The summed E-state index contributed by atoms with van der Waals surface area (Å²) in [6.07, 6.45) is 4.14. The van der Waals surface area contributed by atoms with Crippen LogP contribution in [-0.4, -0.2) is 36.6 Å². The number of methoxy groups -OCH3 is 1. The van der Waals surface area contributed by atoms with E-state index in [1.165, 1.54) is 6.08 Å². The summed E-state index contributed by atoms with van der Waals surface area (Å²) >= 11 is 7.96. The first kappa shape index (κ1) is 22.2. The summed E-state index contributed by atoms with van der Waals surface area (Å²) in [4.78, 5) is 19.9. The van der Waals surface area contributed by atoms with Crippen LogP contribution in [0.3, 0.4) is 0 Å². The number of aromatic nitrogens is 1. The van der Waals surface area contributed by atoms with Crippen LogP contribution in [0.1, 0.15) is 47.5 Å². The van der Waals surface area contributed by atoms with Crippen LogP contribution >= 0.6 is 22.9 Å². The minimum Gasteiger partial charge on any atom is -0.493 e. The molecule has 0 spiro atoms. The number of amides is 1. The minimum absolute atomic E-state index is 0.0497. The second-order valence-corrected chi connectivity index (χ2v) is 8.17. The van der Waals surface area contributed by atoms with Gasteiger partial charge in [-0.15, -0.1) is 11.3 Å². The molecule has 5 nitrogen and oxygen atoms in total. The van der Waals surface area contributed by atoms with Gasteiger partial charge in [-0.2, -0.15) is 0 Å². The van der Waals surface area contributed by atoms with Gasteiger partial charge in [0.15, 0.2) is 11.5 Å². The number of hydrogen-bond donors (Lipinski definition) is 0. The predicted octanol–water partition coefficient (Wildman–Crippen LogP) is 5.44. The van der Waals surface area contributed by atoms with E-state index >= 15 is 0 Å². The Balaban J connectivity index is 2.16. The van der Waals surface area contributed by atoms with E-state index in [0.717, 1.165) is 27.6 Å². The van der Waals surface area contributed by atoms with Gasteiger partial charge >= 0.3 is 0 Å². The molecule has 2 aromatic rings. The van der Waals surface area contributed by atoms with Crippen molar-refractivity contribution in [1.29, 1.82) is 0 Å². The maximum atomic E-state index is 12.6. The molecule has 0 aliphatic rings. The number of ether oxygens (including phenoxy) is 2. The summed E-state index contributed by atoms with van der Waals surface area (Å²) < 4.78 is 11.0. The highest BCUT2D eigenvalue weighted by Gasteiger charge is 2.20. The number of thiazole rings is 1. The van der Waals surface area contributed by atoms with Gasteiger partial charge in [0.1, 0.15) is 0 Å². The van der Waals surface area contributed by atoms with Crippen molar-refractivity contribution in [3.05, 3.63) is 44.4 Å². The summed E-state index contributed by atoms with van der Waals surface area (Å²) in [5.74, 6) is 0.973. The van der Waals surface area contributed by atoms with E-state index in [2.05, 4.69) is 4.98 Å². The highest BCUT2D eigenvalue weighted by atomic mass is 35.5. The van der Waals surface area contributed by atoms with Crippen LogP contribution in [0, 0.1) is 13.8 Å². The quantitative estimate of drug-likeness (QED) is 0.531. The molecular weight excluding hydrogens is 396 g/mol. The molecule has 2 rings (SSSR count). The van der Waals surface area contributed by atoms with E-state index in [9.17, 15) is 4.79 Å². The van der Waals surface area contributed by atoms with Crippen LogP contribution in [-0.2, 0) is 4.79 Å². The molecule has 0 radical (unpaired) electrons. The molecule has 1 amide bonds. The number of carbonyl (C=O) groups excluding carboxylic acids is 1. The molecule has 28 heavy (non-hydrogen) atoms. The van der Waals surface area contributed by atoms with E-state index in [4.69, 9.17) is 21.1 Å². The first-order valence-electron chi connectivity index (χ1n) is 9.17. The zero-order valence-electron chi connectivity index (χ0n) is 17.2. The van der Waals surface area contributed by atoms with Crippen LogP contribution in [0.25, 0.3) is 6.08 Å². The fourth-order valence-corrected chi connectivity index (χ4v) is 4.06. The van der Waals surface area contributed by atoms with Crippen LogP contribution in [0.2, 0.25) is 5.02 Å². The van der Waals surface area contributed by atoms with Crippen LogP contribution in [0.4, 0.5) is 0 Å². The number of aryl methyl sites for hydroxylation is 2. The Morgan fingerprint density at radius 1 is 1.39 bits per heavy atom. The van der Waals surface area contributed by atoms with Crippen molar-refractivity contribution in [3.63, 3.8) is 0 Å². The minimum atomic E-state index is -0.0978. The van der Waals surface area contributed by atoms with E-state index in [0.29, 0.717) is 23.1 Å². The van der Waals surface area contributed by atoms with Gasteiger partial charge in [0.25, 0.3) is 0 Å². The number of rotatable bonds is 8. The zero-order valence-corrected chi connectivity index (χ0v) is 18.8. The Bertz CT molecular complexity index is 864. The van der Waals surface area contributed by atoms with E-state index in [1.54, 1.807) is 48.6 Å². The molecule has 152 valence electrons. The second kappa shape index (κ2) is 9.94. The van der Waals surface area contributed by atoms with Crippen molar-refractivity contribution in [1.82, 2.24) is 9.88 Å². The highest BCUT2D eigenvalue weighted by Crippen LogP contribution is 2.37. The maximum absolute atomic E-state index is 12.6. The zero-order chi connectivity index (χ0) is 20.8. The first-order chi connectivity index (χ1) is 13.3. The van der Waals surface area contributed by atoms with Gasteiger partial charge in [-0.3, -0.25) is 4.79 Å². The van der Waals surface area contributed by atoms with E-state index in [1.807, 2.05) is 27.7 Å². The molecule has 1 heterocycles. The average Bonchev–Trinajstić information content (AvgIpc) is 3.01. The molecule has 0 aliphatic heterocycles. The van der Waals surface area contributed by atoms with Gasteiger partial charge < -0.3 is 14.4 Å². The van der Waals surface area contributed by atoms with Crippen molar-refractivity contribution in [3.8, 4) is 11.5 Å². The van der Waals surface area contributed by atoms with Crippen LogP contribution in [0.15, 0.2) is 18.2 Å². The lowest BCUT2D eigenvalue weighted by molar-refractivity contribution is -0.126. The monoisotopic (exact) mass is 422 g/mol. The molecule has 1 atom stereocenters. The standard InChI is InChI=1S/C21H27ClN2O3S/c1-7-10-27-20-17(22)11-16(12-18(20)26-6)8-9-19(25)24(5)14(3)21-13(2)23-15(4)28-21/h8-9,11-12,14H,7,10H2,1-6H3. The van der Waals surface area contributed by atoms with E-state index < -0.39 is 0 Å². The maximum Gasteiger partial charge on any atom is 0.246 e. The highest BCUT2D eigenvalue weighted by molar-refractivity contribution is 7.11. The van der Waals surface area contributed by atoms with Gasteiger partial charge in [0.2, 0.25) is 5.91 Å². The van der Waals surface area contributed by atoms with Crippen LogP contribution in [0.5, 0.6) is 11.5 Å². The van der Waals surface area contributed by atoms with Gasteiger partial charge in [0, 0.05) is 18.0 Å². The summed E-state index contributed by atoms with van der Waals surface area (Å²) in [5.41, 5.74) is 1.74. The number of halogens is 1. The topological polar surface area (TPSA) is 51.7 Å². The molecule has 1 aromatic carbocycles. The SMILES string of the molecule is CCCOc1c(Cl)cc(C=CC(=O)N(C)C(C)c2sc(C)nc2C)cc1OC. The number of likely N-dealkylation sites (N-methyl/N-ethyl adjacent to an activating group) is 1. The molecular formula is C21H27ClN2O3S. The number of carbonyl (C=O) groups is 1. The molecule has 0 saturated carbocycles. The average molecular weight is 423 g/mol. The third kappa shape index (κ3) is 5.26. The van der Waals surface area contributed by atoms with Crippen molar-refractivity contribution in [2.45, 2.75) is 40.2 Å². The summed E-state index contributed by atoms with van der Waals surface area (Å²) in [6, 6.07) is 3.52. The third-order valence-electron chi connectivity index (χ3n) is 4.37. The second-order valence-electron chi connectivity index (χ2n) is 6.52. The Morgan fingerprint density at radius 2 is 2.11 bits per heavy atom. The molecule has 0 bridgehead atoms. The van der Waals surface area contributed by atoms with E-state index in [-0.39, 0.29) is 11.9 Å². The smallest absolute Gasteiger partial charge is 0.246 e. The van der Waals surface area contributed by atoms with Crippen molar-refractivity contribution < 1.29 is 14.3 Å². The molecule has 0 aliphatic carbocycles. The van der Waals surface area contributed by atoms with Crippen molar-refractivity contribution in [2.24, 2.45) is 0 Å². The molecule has 0 saturated heterocycles. The summed E-state index contributed by atoms with van der Waals surface area (Å²) in [6.45, 7) is 8.53. The molecule has 0 fully saturated rings. The lowest BCUT2D eigenvalue weighted by Gasteiger charge is -2.23. The molecule has 1 unspecified atom stereocenters. The Kier molecular flexibility index (Phi) is 7.89. The predicted molar refractivity (Wildman–Crippen MR) is 116 cm³/mol. The normalized spacial score (nSPS) is 12.2. The molecule has 0 N–H and O–H groups in total. The fraction of sp³-hybridized carbons (Fsp3) is 0.429. The van der Waals surface area contributed by atoms with Crippen molar-refractivity contribution >= 4 is 34.9 Å². The molecule has 7 heteroatoms. The summed E-state index contributed by atoms with van der Waals surface area (Å²) in [7, 11) is 3.36. The number of hydrogen-bond acceptors (Lipinski definition) is 5. The Hall–Kier alpha value is -2.05. The molecule has 1 aromatic heterocycles. The van der Waals surface area contributed by atoms with Crippen LogP contribution < -0.4 is 9.47 Å². The number of nitrogens with zero attached hydrogens (tertiary/aromatic N) is 2. The Morgan fingerprint density at radius 3 is 2.68 bits per heavy atom.